The first-order valence-corrected chi connectivity index (χ1v) is 13.2. The summed E-state index contributed by atoms with van der Waals surface area (Å²) in [7, 11) is 1.62. The van der Waals surface area contributed by atoms with Gasteiger partial charge < -0.3 is 15.0 Å². The fourth-order valence-corrected chi connectivity index (χ4v) is 5.35. The fraction of sp³-hybridized carbons (Fsp3) is 0.125. The Labute approximate surface area is 227 Å². The van der Waals surface area contributed by atoms with Crippen LogP contribution in [0, 0.1) is 6.92 Å². The van der Waals surface area contributed by atoms with Crippen molar-refractivity contribution in [2.75, 3.05) is 12.0 Å². The summed E-state index contributed by atoms with van der Waals surface area (Å²) in [6.07, 6.45) is 1.90. The topological polar surface area (TPSA) is 58.6 Å². The van der Waals surface area contributed by atoms with Crippen molar-refractivity contribution in [1.82, 2.24) is 5.32 Å². The van der Waals surface area contributed by atoms with E-state index < -0.39 is 0 Å². The summed E-state index contributed by atoms with van der Waals surface area (Å²) >= 11 is 1.48. The summed E-state index contributed by atoms with van der Waals surface area (Å²) in [6.45, 7) is 3.00. The number of amides is 2. The van der Waals surface area contributed by atoms with E-state index in [0.29, 0.717) is 23.6 Å². The lowest BCUT2D eigenvalue weighted by molar-refractivity contribution is -0.114. The molecular formula is C32H28N2O3S. The second-order valence-electron chi connectivity index (χ2n) is 9.05. The summed E-state index contributed by atoms with van der Waals surface area (Å²) in [6, 6.07) is 31.0. The summed E-state index contributed by atoms with van der Waals surface area (Å²) < 4.78 is 5.17. The van der Waals surface area contributed by atoms with Crippen molar-refractivity contribution >= 4 is 35.3 Å². The zero-order valence-corrected chi connectivity index (χ0v) is 22.1. The number of anilines is 1. The molecule has 4 aromatic rings. The van der Waals surface area contributed by atoms with Crippen molar-refractivity contribution in [1.29, 1.82) is 0 Å². The number of hydrogen-bond acceptors (Lipinski definition) is 4. The molecule has 0 aliphatic carbocycles. The maximum atomic E-state index is 13.6. The molecule has 0 radical (unpaired) electrons. The number of nitrogens with zero attached hydrogens (tertiary/aromatic N) is 1. The van der Waals surface area contributed by atoms with Crippen molar-refractivity contribution in [2.24, 2.45) is 0 Å². The summed E-state index contributed by atoms with van der Waals surface area (Å²) in [4.78, 5) is 29.8. The van der Waals surface area contributed by atoms with Crippen LogP contribution in [-0.2, 0) is 17.9 Å². The largest absolute Gasteiger partial charge is 0.497 e. The van der Waals surface area contributed by atoms with Gasteiger partial charge in [-0.2, -0.15) is 0 Å². The normalized spacial score (nSPS) is 13.8. The number of carbonyl (C=O) groups excluding carboxylic acids is 2. The number of aryl methyl sites for hydroxylation is 1. The predicted molar refractivity (Wildman–Crippen MR) is 153 cm³/mol. The van der Waals surface area contributed by atoms with Gasteiger partial charge in [0.25, 0.3) is 11.8 Å². The smallest absolute Gasteiger partial charge is 0.265 e. The minimum Gasteiger partial charge on any atom is -0.497 e. The molecule has 5 rings (SSSR count). The number of benzene rings is 4. The Kier molecular flexibility index (Phi) is 7.61. The van der Waals surface area contributed by atoms with Gasteiger partial charge in [0.2, 0.25) is 0 Å². The molecule has 190 valence electrons. The predicted octanol–water partition coefficient (Wildman–Crippen LogP) is 6.61. The van der Waals surface area contributed by atoms with Gasteiger partial charge in [-0.05, 0) is 71.7 Å². The van der Waals surface area contributed by atoms with Crippen LogP contribution in [-0.4, -0.2) is 18.9 Å². The van der Waals surface area contributed by atoms with E-state index in [9.17, 15) is 9.59 Å². The van der Waals surface area contributed by atoms with Gasteiger partial charge in [0.15, 0.2) is 0 Å². The van der Waals surface area contributed by atoms with E-state index in [1.807, 2.05) is 83.8 Å². The van der Waals surface area contributed by atoms with Crippen molar-refractivity contribution in [3.8, 4) is 5.75 Å². The highest BCUT2D eigenvalue weighted by molar-refractivity contribution is 8.04. The third-order valence-electron chi connectivity index (χ3n) is 6.50. The highest BCUT2D eigenvalue weighted by Crippen LogP contribution is 2.42. The molecule has 38 heavy (non-hydrogen) atoms. The zero-order chi connectivity index (χ0) is 26.5. The number of methoxy groups -OCH3 is 1. The van der Waals surface area contributed by atoms with Crippen LogP contribution in [0.3, 0.4) is 0 Å². The maximum Gasteiger partial charge on any atom is 0.265 e. The van der Waals surface area contributed by atoms with E-state index in [1.54, 1.807) is 19.2 Å². The van der Waals surface area contributed by atoms with Crippen molar-refractivity contribution in [2.45, 2.75) is 24.9 Å². The van der Waals surface area contributed by atoms with Crippen LogP contribution in [0.2, 0.25) is 0 Å². The number of hydrogen-bond donors (Lipinski definition) is 1. The molecule has 0 spiro atoms. The lowest BCUT2D eigenvalue weighted by Gasteiger charge is -2.31. The average Bonchev–Trinajstić information content (AvgIpc) is 2.95. The summed E-state index contributed by atoms with van der Waals surface area (Å²) in [5, 5.41) is 2.95. The third-order valence-corrected chi connectivity index (χ3v) is 7.58. The van der Waals surface area contributed by atoms with Gasteiger partial charge >= 0.3 is 0 Å². The molecule has 0 atom stereocenters. The standard InChI is InChI=1S/C32H28N2O3S/c1-22-7-3-4-8-26(22)21-34-28-9-5-6-10-29(28)38-30(32(34)36)19-23-11-15-25(16-12-23)31(35)33-20-24-13-17-27(37-2)18-14-24/h3-19H,20-21H2,1-2H3,(H,33,35)/b30-19+. The Morgan fingerprint density at radius 3 is 2.37 bits per heavy atom. The van der Waals surface area contributed by atoms with E-state index in [2.05, 4.69) is 24.4 Å². The molecule has 5 nitrogen and oxygen atoms in total. The van der Waals surface area contributed by atoms with Gasteiger partial charge in [-0.15, -0.1) is 0 Å². The Balaban J connectivity index is 1.32. The van der Waals surface area contributed by atoms with E-state index in [1.165, 1.54) is 11.8 Å². The third kappa shape index (κ3) is 5.66. The number of nitrogens with one attached hydrogen (secondary N) is 1. The van der Waals surface area contributed by atoms with Gasteiger partial charge in [0.05, 0.1) is 24.2 Å². The molecule has 1 aliphatic rings. The Hall–Kier alpha value is -4.29. The van der Waals surface area contributed by atoms with Crippen molar-refractivity contribution in [3.05, 3.63) is 130 Å². The highest BCUT2D eigenvalue weighted by atomic mass is 32.2. The first kappa shape index (κ1) is 25.4. The van der Waals surface area contributed by atoms with Crippen molar-refractivity contribution < 1.29 is 14.3 Å². The minimum absolute atomic E-state index is 0.0294. The molecule has 6 heteroatoms. The van der Waals surface area contributed by atoms with E-state index >= 15 is 0 Å². The van der Waals surface area contributed by atoms with Gasteiger partial charge in [-0.3, -0.25) is 9.59 Å². The monoisotopic (exact) mass is 520 g/mol. The van der Waals surface area contributed by atoms with Crippen LogP contribution < -0.4 is 15.0 Å². The Bertz CT molecular complexity index is 1490. The SMILES string of the molecule is COc1ccc(CNC(=O)c2ccc(/C=C3/Sc4ccccc4N(Cc4ccccc4C)C3=O)cc2)cc1. The second-order valence-corrected chi connectivity index (χ2v) is 10.1. The number of para-hydroxylation sites is 1. The first-order valence-electron chi connectivity index (χ1n) is 12.4. The van der Waals surface area contributed by atoms with Gasteiger partial charge in [-0.25, -0.2) is 0 Å². The number of fused-ring (bicyclic) bond motifs is 1. The van der Waals surface area contributed by atoms with Crippen LogP contribution in [0.1, 0.15) is 32.6 Å². The molecule has 1 N–H and O–H groups in total. The van der Waals surface area contributed by atoms with Crippen LogP contribution >= 0.6 is 11.8 Å². The molecule has 0 saturated heterocycles. The zero-order valence-electron chi connectivity index (χ0n) is 21.3. The molecular weight excluding hydrogens is 492 g/mol. The lowest BCUT2D eigenvalue weighted by atomic mass is 10.1. The number of rotatable bonds is 7. The van der Waals surface area contributed by atoms with Crippen LogP contribution in [0.25, 0.3) is 6.08 Å². The minimum atomic E-state index is -0.151. The molecule has 0 unspecified atom stereocenters. The lowest BCUT2D eigenvalue weighted by Crippen LogP contribution is -2.33. The van der Waals surface area contributed by atoms with Crippen LogP contribution in [0.5, 0.6) is 5.75 Å². The van der Waals surface area contributed by atoms with Crippen LogP contribution in [0.15, 0.2) is 107 Å². The highest BCUT2D eigenvalue weighted by Gasteiger charge is 2.29. The van der Waals surface area contributed by atoms with E-state index in [0.717, 1.165) is 38.6 Å². The quantitative estimate of drug-likeness (QED) is 0.279. The summed E-state index contributed by atoms with van der Waals surface area (Å²) in [5.74, 6) is 0.598. The molecule has 2 amide bonds. The van der Waals surface area contributed by atoms with Gasteiger partial charge in [0, 0.05) is 17.0 Å². The maximum absolute atomic E-state index is 13.6. The van der Waals surface area contributed by atoms with Crippen molar-refractivity contribution in [3.63, 3.8) is 0 Å². The first-order chi connectivity index (χ1) is 18.5. The Morgan fingerprint density at radius 2 is 1.63 bits per heavy atom. The molecule has 0 bridgehead atoms. The van der Waals surface area contributed by atoms with E-state index in [4.69, 9.17) is 4.74 Å². The molecule has 1 heterocycles. The number of ether oxygens (including phenoxy) is 1. The fourth-order valence-electron chi connectivity index (χ4n) is 4.29. The number of thioether (sulfide) groups is 1. The Morgan fingerprint density at radius 1 is 0.921 bits per heavy atom. The molecule has 0 saturated carbocycles. The average molecular weight is 521 g/mol. The van der Waals surface area contributed by atoms with Gasteiger partial charge in [-0.1, -0.05) is 72.4 Å². The second kappa shape index (κ2) is 11.4. The van der Waals surface area contributed by atoms with Gasteiger partial charge in [0.1, 0.15) is 5.75 Å². The van der Waals surface area contributed by atoms with Crippen LogP contribution in [0.4, 0.5) is 5.69 Å². The molecule has 4 aromatic carbocycles. The number of carbonyl (C=O) groups is 2. The molecule has 0 aromatic heterocycles. The van der Waals surface area contributed by atoms with E-state index in [-0.39, 0.29) is 11.8 Å². The summed E-state index contributed by atoms with van der Waals surface area (Å²) in [5.41, 5.74) is 5.61. The molecule has 0 fully saturated rings. The molecule has 1 aliphatic heterocycles.